The van der Waals surface area contributed by atoms with Crippen LogP contribution in [0.4, 0.5) is 5.69 Å². The molecule has 0 unspecified atom stereocenters. The number of nitrogens with two attached hydrogens (primary N) is 2. The summed E-state index contributed by atoms with van der Waals surface area (Å²) in [5.41, 5.74) is 12.1. The number of phosphoric acid groups is 1. The lowest BCUT2D eigenvalue weighted by Crippen LogP contribution is -2.27. The number of carbonyl (C=O) groups excluding carboxylic acids is 3. The molecule has 14 heteroatoms. The Labute approximate surface area is 194 Å². The number of nitrogens with zero attached hydrogens (tertiary/aromatic N) is 2. The van der Waals surface area contributed by atoms with Gasteiger partial charge >= 0.3 is 19.8 Å². The van der Waals surface area contributed by atoms with E-state index in [4.69, 9.17) is 40.2 Å². The largest absolute Gasteiger partial charge is 0.466 e. The summed E-state index contributed by atoms with van der Waals surface area (Å²) in [6, 6.07) is 12.7. The first-order valence-corrected chi connectivity index (χ1v) is 11.0. The second kappa shape index (κ2) is 13.1. The Morgan fingerprint density at radius 1 is 0.971 bits per heavy atom. The van der Waals surface area contributed by atoms with Crippen molar-refractivity contribution in [2.75, 3.05) is 20.7 Å². The van der Waals surface area contributed by atoms with Gasteiger partial charge < -0.3 is 40.5 Å². The molecule has 0 spiro atoms. The highest BCUT2D eigenvalue weighted by Crippen LogP contribution is 2.25. The zero-order valence-corrected chi connectivity index (χ0v) is 19.2. The summed E-state index contributed by atoms with van der Waals surface area (Å²) in [6.07, 6.45) is 0.00118. The summed E-state index contributed by atoms with van der Waals surface area (Å²) in [5.74, 6) is -1.12. The molecule has 13 nitrogen and oxygen atoms in total. The maximum atomic E-state index is 12.2. The number of rotatable bonds is 7. The van der Waals surface area contributed by atoms with E-state index in [1.54, 1.807) is 62.6 Å². The van der Waals surface area contributed by atoms with E-state index in [2.05, 4.69) is 4.99 Å². The second-order valence-electron chi connectivity index (χ2n) is 6.76. The van der Waals surface area contributed by atoms with Gasteiger partial charge in [-0.05, 0) is 42.0 Å². The van der Waals surface area contributed by atoms with Crippen molar-refractivity contribution in [1.29, 1.82) is 0 Å². The van der Waals surface area contributed by atoms with Crippen LogP contribution in [-0.2, 0) is 25.3 Å². The number of ether oxygens (including phenoxy) is 2. The number of hydrogen-bond donors (Lipinski definition) is 5. The minimum absolute atomic E-state index is 0.00118. The van der Waals surface area contributed by atoms with Crippen molar-refractivity contribution in [1.82, 2.24) is 4.90 Å². The molecule has 0 fully saturated rings. The van der Waals surface area contributed by atoms with E-state index in [1.807, 2.05) is 0 Å². The highest BCUT2D eigenvalue weighted by Gasteiger charge is 2.11. The molecule has 0 saturated carbocycles. The van der Waals surface area contributed by atoms with Crippen LogP contribution in [0, 0.1) is 0 Å². The van der Waals surface area contributed by atoms with Crippen LogP contribution in [0.2, 0.25) is 0 Å². The molecule has 0 atom stereocenters. The van der Waals surface area contributed by atoms with Crippen molar-refractivity contribution in [2.24, 2.45) is 16.5 Å². The maximum Gasteiger partial charge on any atom is 0.466 e. The molecule has 34 heavy (non-hydrogen) atoms. The number of amides is 1. The van der Waals surface area contributed by atoms with Crippen LogP contribution in [-0.4, -0.2) is 64.1 Å². The van der Waals surface area contributed by atoms with Crippen molar-refractivity contribution >= 4 is 37.3 Å². The van der Waals surface area contributed by atoms with E-state index < -0.39 is 19.8 Å². The molecular formula is C20H25N4O9P. The second-order valence-corrected chi connectivity index (χ2v) is 7.78. The lowest BCUT2D eigenvalue weighted by atomic mass is 10.1. The van der Waals surface area contributed by atoms with E-state index in [0.717, 1.165) is 0 Å². The third-order valence-electron chi connectivity index (χ3n) is 3.70. The number of benzene rings is 2. The first-order valence-electron chi connectivity index (χ1n) is 9.39. The van der Waals surface area contributed by atoms with Gasteiger partial charge in [-0.15, -0.1) is 0 Å². The zero-order chi connectivity index (χ0) is 25.9. The van der Waals surface area contributed by atoms with Crippen LogP contribution in [0.5, 0.6) is 5.75 Å². The van der Waals surface area contributed by atoms with E-state index in [1.165, 1.54) is 4.90 Å². The lowest BCUT2D eigenvalue weighted by Gasteiger charge is -2.10. The predicted molar refractivity (Wildman–Crippen MR) is 121 cm³/mol. The Morgan fingerprint density at radius 2 is 1.50 bits per heavy atom. The fourth-order valence-corrected chi connectivity index (χ4v) is 2.15. The quantitative estimate of drug-likeness (QED) is 0.113. The van der Waals surface area contributed by atoms with Crippen molar-refractivity contribution < 1.29 is 43.1 Å². The number of aliphatic imine (C=N–C) groups is 1. The van der Waals surface area contributed by atoms with Crippen molar-refractivity contribution in [3.63, 3.8) is 0 Å². The minimum atomic E-state index is -4.64. The maximum absolute atomic E-state index is 12.2. The molecule has 2 aromatic carbocycles. The van der Waals surface area contributed by atoms with Crippen LogP contribution < -0.4 is 16.2 Å². The smallest absolute Gasteiger partial charge is 0.455 e. The molecule has 0 radical (unpaired) electrons. The summed E-state index contributed by atoms with van der Waals surface area (Å²) in [7, 11) is -1.48. The summed E-state index contributed by atoms with van der Waals surface area (Å²) >= 11 is 0. The molecule has 1 amide bonds. The normalized spacial score (nSPS) is 10.3. The number of guanidine groups is 1. The van der Waals surface area contributed by atoms with Crippen molar-refractivity contribution in [3.05, 3.63) is 59.7 Å². The van der Waals surface area contributed by atoms with Gasteiger partial charge in [-0.25, -0.2) is 14.4 Å². The van der Waals surface area contributed by atoms with Gasteiger partial charge in [0.05, 0.1) is 17.7 Å². The average molecular weight is 496 g/mol. The molecular weight excluding hydrogens is 471 g/mol. The molecule has 2 rings (SSSR count). The van der Waals surface area contributed by atoms with E-state index in [0.29, 0.717) is 22.6 Å². The predicted octanol–water partition coefficient (Wildman–Crippen LogP) is 0.0560. The van der Waals surface area contributed by atoms with Crippen LogP contribution >= 0.6 is 7.82 Å². The highest BCUT2D eigenvalue weighted by atomic mass is 31.2. The van der Waals surface area contributed by atoms with Gasteiger partial charge in [0.15, 0.2) is 12.6 Å². The fraction of sp³-hybridized carbons (Fsp3) is 0.200. The number of likely N-dealkylation sites (N-methyl/N-ethyl adjacent to an activating group) is 1. The Balaban J connectivity index is 0.00000104. The fourth-order valence-electron chi connectivity index (χ4n) is 2.15. The van der Waals surface area contributed by atoms with Crippen LogP contribution in [0.3, 0.4) is 0 Å². The molecule has 0 heterocycles. The Hall–Kier alpha value is -3.77. The Morgan fingerprint density at radius 3 is 1.97 bits per heavy atom. The van der Waals surface area contributed by atoms with Crippen molar-refractivity contribution in [3.8, 4) is 5.75 Å². The molecule has 0 aliphatic heterocycles. The molecule has 184 valence electrons. The summed E-state index contributed by atoms with van der Waals surface area (Å²) in [4.78, 5) is 62.2. The zero-order valence-electron chi connectivity index (χ0n) is 18.3. The standard InChI is InChI=1S/C20H22N4O5.H3O4P/c1-24(2)17(25)12-28-18(26)11-13-3-9-16(10-4-13)29-19(27)14-5-7-15(8-6-14)23-20(21)22;1-5(2,3)4/h3-10H,11-12H2,1-2H3,(H4,21,22,23);(H3,1,2,3,4). The number of hydrogen-bond acceptors (Lipinski definition) is 7. The average Bonchev–Trinajstić information content (AvgIpc) is 2.72. The van der Waals surface area contributed by atoms with Gasteiger partial charge in [-0.3, -0.25) is 9.59 Å². The third-order valence-corrected chi connectivity index (χ3v) is 3.70. The first-order chi connectivity index (χ1) is 15.7. The minimum Gasteiger partial charge on any atom is -0.455 e. The molecule has 0 aliphatic rings. The molecule has 2 aromatic rings. The highest BCUT2D eigenvalue weighted by molar-refractivity contribution is 7.45. The molecule has 0 saturated heterocycles. The van der Waals surface area contributed by atoms with Gasteiger partial charge in [0.25, 0.3) is 5.91 Å². The summed E-state index contributed by atoms with van der Waals surface area (Å²) in [6.45, 7) is -0.302. The van der Waals surface area contributed by atoms with E-state index in [-0.39, 0.29) is 24.9 Å². The Kier molecular flexibility index (Phi) is 10.9. The SMILES string of the molecule is CN(C)C(=O)COC(=O)Cc1ccc(OC(=O)c2ccc(N=C(N)N)cc2)cc1.O=P(O)(O)O. The lowest BCUT2D eigenvalue weighted by molar-refractivity contribution is -0.150. The monoisotopic (exact) mass is 496 g/mol. The molecule has 0 aromatic heterocycles. The first kappa shape index (κ1) is 28.3. The van der Waals surface area contributed by atoms with Crippen molar-refractivity contribution in [2.45, 2.75) is 6.42 Å². The van der Waals surface area contributed by atoms with Crippen LogP contribution in [0.1, 0.15) is 15.9 Å². The number of carbonyl (C=O) groups is 3. The molecule has 0 aliphatic carbocycles. The van der Waals surface area contributed by atoms with Gasteiger partial charge in [-0.2, -0.15) is 0 Å². The van der Waals surface area contributed by atoms with Gasteiger partial charge in [0.1, 0.15) is 5.75 Å². The van der Waals surface area contributed by atoms with Gasteiger partial charge in [0, 0.05) is 14.1 Å². The van der Waals surface area contributed by atoms with E-state index in [9.17, 15) is 14.4 Å². The number of esters is 2. The topological polar surface area (TPSA) is 215 Å². The van der Waals surface area contributed by atoms with Gasteiger partial charge in [-0.1, -0.05) is 12.1 Å². The summed E-state index contributed by atoms with van der Waals surface area (Å²) < 4.78 is 19.1. The summed E-state index contributed by atoms with van der Waals surface area (Å²) in [5, 5.41) is 0. The molecule has 7 N–H and O–H groups in total. The van der Waals surface area contributed by atoms with Gasteiger partial charge in [0.2, 0.25) is 0 Å². The van der Waals surface area contributed by atoms with Crippen LogP contribution in [0.25, 0.3) is 0 Å². The van der Waals surface area contributed by atoms with E-state index >= 15 is 0 Å². The Bertz CT molecular complexity index is 1050. The van der Waals surface area contributed by atoms with Crippen LogP contribution in [0.15, 0.2) is 53.5 Å². The molecule has 0 bridgehead atoms. The third kappa shape index (κ3) is 12.3.